The second kappa shape index (κ2) is 8.83. The third kappa shape index (κ3) is 4.43. The molecule has 2 heterocycles. The zero-order chi connectivity index (χ0) is 28.5. The molecular formula is C30H35N3O6. The summed E-state index contributed by atoms with van der Waals surface area (Å²) in [5.74, 6) is 0.0726. The number of imide groups is 1. The van der Waals surface area contributed by atoms with Crippen molar-refractivity contribution in [2.75, 3.05) is 12.0 Å². The van der Waals surface area contributed by atoms with Crippen LogP contribution in [0.3, 0.4) is 0 Å². The molecule has 39 heavy (non-hydrogen) atoms. The Kier molecular flexibility index (Phi) is 6.05. The number of aromatic nitrogens is 2. The van der Waals surface area contributed by atoms with Gasteiger partial charge in [-0.2, -0.15) is 9.78 Å². The molecule has 1 saturated carbocycles. The normalized spacial score (nSPS) is 20.4. The van der Waals surface area contributed by atoms with Crippen molar-refractivity contribution in [2.24, 2.45) is 0 Å². The predicted molar refractivity (Wildman–Crippen MR) is 146 cm³/mol. The average molecular weight is 534 g/mol. The maximum atomic E-state index is 14.0. The van der Waals surface area contributed by atoms with Crippen LogP contribution in [0.25, 0.3) is 10.9 Å². The van der Waals surface area contributed by atoms with Gasteiger partial charge in [0.15, 0.2) is 0 Å². The van der Waals surface area contributed by atoms with Crippen LogP contribution in [0.1, 0.15) is 77.6 Å². The first-order valence-corrected chi connectivity index (χ1v) is 13.2. The smallest absolute Gasteiger partial charge is 0.435 e. The summed E-state index contributed by atoms with van der Waals surface area (Å²) in [7, 11) is 1.57. The van der Waals surface area contributed by atoms with Crippen LogP contribution < -0.4 is 9.64 Å². The second-order valence-corrected chi connectivity index (χ2v) is 12.2. The lowest BCUT2D eigenvalue weighted by Crippen LogP contribution is -2.41. The number of benzene rings is 2. The Morgan fingerprint density at radius 1 is 1.00 bits per heavy atom. The van der Waals surface area contributed by atoms with Crippen molar-refractivity contribution in [3.63, 3.8) is 0 Å². The number of anilines is 1. The number of hydrogen-bond acceptors (Lipinski definition) is 7. The molecule has 0 bridgehead atoms. The molecule has 1 aliphatic heterocycles. The van der Waals surface area contributed by atoms with Crippen molar-refractivity contribution < 1.29 is 28.6 Å². The van der Waals surface area contributed by atoms with Crippen molar-refractivity contribution in [1.29, 1.82) is 0 Å². The summed E-state index contributed by atoms with van der Waals surface area (Å²) >= 11 is 0. The number of nitrogens with zero attached hydrogens (tertiary/aromatic N) is 3. The van der Waals surface area contributed by atoms with Gasteiger partial charge in [-0.05, 0) is 89.8 Å². The van der Waals surface area contributed by atoms with Crippen LogP contribution in [-0.4, -0.2) is 46.2 Å². The van der Waals surface area contributed by atoms with Crippen molar-refractivity contribution in [3.8, 4) is 5.75 Å². The minimum absolute atomic E-state index is 0.209. The molecule has 1 aliphatic carbocycles. The van der Waals surface area contributed by atoms with E-state index in [1.807, 2.05) is 52.0 Å². The first-order valence-electron chi connectivity index (χ1n) is 13.2. The van der Waals surface area contributed by atoms with Gasteiger partial charge in [0.1, 0.15) is 17.0 Å². The minimum atomic E-state index is -0.932. The topological polar surface area (TPSA) is 100.0 Å². The summed E-state index contributed by atoms with van der Waals surface area (Å²) in [6.45, 7) is 12.7. The van der Waals surface area contributed by atoms with E-state index in [1.54, 1.807) is 40.0 Å². The zero-order valence-electron chi connectivity index (χ0n) is 23.7. The van der Waals surface area contributed by atoms with Crippen molar-refractivity contribution in [2.45, 2.75) is 83.8 Å². The molecule has 2 aromatic carbocycles. The summed E-state index contributed by atoms with van der Waals surface area (Å²) in [5, 5.41) is 5.39. The Morgan fingerprint density at radius 3 is 2.28 bits per heavy atom. The molecule has 2 amide bonds. The van der Waals surface area contributed by atoms with Crippen LogP contribution in [0.2, 0.25) is 0 Å². The molecule has 9 nitrogen and oxygen atoms in total. The molecule has 206 valence electrons. The van der Waals surface area contributed by atoms with E-state index in [0.29, 0.717) is 29.8 Å². The number of aryl methyl sites for hydroxylation is 1. The third-order valence-electron chi connectivity index (χ3n) is 7.13. The van der Waals surface area contributed by atoms with Crippen LogP contribution in [0.4, 0.5) is 15.3 Å². The maximum absolute atomic E-state index is 14.0. The predicted octanol–water partition coefficient (Wildman–Crippen LogP) is 6.10. The van der Waals surface area contributed by atoms with Crippen LogP contribution in [0.15, 0.2) is 36.4 Å². The molecule has 5 rings (SSSR count). The van der Waals surface area contributed by atoms with Gasteiger partial charge in [-0.1, -0.05) is 19.1 Å². The molecule has 0 radical (unpaired) electrons. The molecule has 0 unspecified atom stereocenters. The maximum Gasteiger partial charge on any atom is 0.435 e. The number of carbonyl (C=O) groups is 3. The van der Waals surface area contributed by atoms with E-state index in [4.69, 9.17) is 14.2 Å². The number of ether oxygens (including phenoxy) is 3. The van der Waals surface area contributed by atoms with Gasteiger partial charge < -0.3 is 14.2 Å². The highest BCUT2D eigenvalue weighted by molar-refractivity contribution is 6.23. The summed E-state index contributed by atoms with van der Waals surface area (Å²) in [4.78, 5) is 41.3. The number of carbonyl (C=O) groups excluding carboxylic acids is 3. The van der Waals surface area contributed by atoms with Crippen LogP contribution in [0, 0.1) is 0 Å². The van der Waals surface area contributed by atoms with E-state index in [1.165, 1.54) is 4.68 Å². The molecule has 1 spiro atoms. The SMILES string of the molecule is CCc1nn(C(=O)OC(C)(C)C)c2cc([C@@H]3C[C@@]34C(=O)N(C(=O)OC(C)(C)C)c3ccc(OC)cc34)ccc12. The Morgan fingerprint density at radius 2 is 1.67 bits per heavy atom. The molecule has 1 aromatic heterocycles. The first-order chi connectivity index (χ1) is 18.2. The Hall–Kier alpha value is -3.88. The van der Waals surface area contributed by atoms with Gasteiger partial charge >= 0.3 is 12.2 Å². The number of rotatable bonds is 3. The van der Waals surface area contributed by atoms with E-state index in [2.05, 4.69) is 5.10 Å². The third-order valence-corrected chi connectivity index (χ3v) is 7.13. The average Bonchev–Trinajstić information content (AvgIpc) is 3.41. The van der Waals surface area contributed by atoms with E-state index < -0.39 is 28.8 Å². The summed E-state index contributed by atoms with van der Waals surface area (Å²) in [6.07, 6.45) is -0.0986. The molecule has 0 N–H and O–H groups in total. The number of fused-ring (bicyclic) bond motifs is 3. The summed E-state index contributed by atoms with van der Waals surface area (Å²) in [6, 6.07) is 11.1. The van der Waals surface area contributed by atoms with E-state index in [9.17, 15) is 14.4 Å². The van der Waals surface area contributed by atoms with Crippen molar-refractivity contribution in [3.05, 3.63) is 53.2 Å². The zero-order valence-corrected chi connectivity index (χ0v) is 23.7. The minimum Gasteiger partial charge on any atom is -0.497 e. The van der Waals surface area contributed by atoms with Gasteiger partial charge in [0, 0.05) is 11.3 Å². The van der Waals surface area contributed by atoms with Gasteiger partial charge in [0.25, 0.3) is 0 Å². The van der Waals surface area contributed by atoms with E-state index in [0.717, 1.165) is 27.1 Å². The fourth-order valence-corrected chi connectivity index (χ4v) is 5.43. The highest BCUT2D eigenvalue weighted by Gasteiger charge is 2.68. The molecule has 1 fully saturated rings. The lowest BCUT2D eigenvalue weighted by molar-refractivity contribution is -0.120. The molecule has 9 heteroatoms. The Balaban J connectivity index is 1.58. The number of amides is 2. The standard InChI is InChI=1S/C30H35N3O6/c1-9-22-19-12-10-17(14-24(19)33(31-22)27(36)39-29(5,6)7)21-16-30(21)20-15-18(37-8)11-13-23(20)32(25(30)34)26(35)38-28(2,3)4/h10-15,21H,9,16H2,1-8H3/t21-,30-/m0/s1. The lowest BCUT2D eigenvalue weighted by Gasteiger charge is -2.24. The lowest BCUT2D eigenvalue weighted by atomic mass is 9.91. The Bertz CT molecular complexity index is 1510. The highest BCUT2D eigenvalue weighted by Crippen LogP contribution is 2.67. The van der Waals surface area contributed by atoms with Crippen LogP contribution in [0.5, 0.6) is 5.75 Å². The monoisotopic (exact) mass is 533 g/mol. The summed E-state index contributed by atoms with van der Waals surface area (Å²) in [5.41, 5.74) is 1.16. The van der Waals surface area contributed by atoms with Gasteiger partial charge in [0.2, 0.25) is 5.91 Å². The number of hydrogen-bond donors (Lipinski definition) is 0. The molecule has 3 aromatic rings. The van der Waals surface area contributed by atoms with E-state index in [-0.39, 0.29) is 11.8 Å². The van der Waals surface area contributed by atoms with Crippen molar-refractivity contribution >= 4 is 34.7 Å². The quantitative estimate of drug-likeness (QED) is 0.401. The van der Waals surface area contributed by atoms with Crippen LogP contribution >= 0.6 is 0 Å². The first kappa shape index (κ1) is 26.7. The number of methoxy groups -OCH3 is 1. The molecular weight excluding hydrogens is 498 g/mol. The fraction of sp³-hybridized carbons (Fsp3) is 0.467. The highest BCUT2D eigenvalue weighted by atomic mass is 16.6. The Labute approximate surface area is 228 Å². The summed E-state index contributed by atoms with van der Waals surface area (Å²) < 4.78 is 18.0. The van der Waals surface area contributed by atoms with Gasteiger partial charge in [-0.15, -0.1) is 0 Å². The fourth-order valence-electron chi connectivity index (χ4n) is 5.43. The van der Waals surface area contributed by atoms with Crippen LogP contribution in [-0.2, 0) is 26.1 Å². The largest absolute Gasteiger partial charge is 0.497 e. The second-order valence-electron chi connectivity index (χ2n) is 12.2. The van der Waals surface area contributed by atoms with Gasteiger partial charge in [0.05, 0.1) is 29.4 Å². The molecule has 2 aliphatic rings. The van der Waals surface area contributed by atoms with E-state index >= 15 is 0 Å². The molecule has 0 saturated heterocycles. The van der Waals surface area contributed by atoms with Gasteiger partial charge in [-0.25, -0.2) is 14.5 Å². The molecule has 2 atom stereocenters. The van der Waals surface area contributed by atoms with Gasteiger partial charge in [-0.3, -0.25) is 4.79 Å². The van der Waals surface area contributed by atoms with Crippen molar-refractivity contribution in [1.82, 2.24) is 9.78 Å².